The molecule has 0 radical (unpaired) electrons. The average Bonchev–Trinajstić information content (AvgIpc) is 3.17. The molecule has 10 atom stereocenters. The summed E-state index contributed by atoms with van der Waals surface area (Å²) in [6, 6.07) is 8.27. The van der Waals surface area contributed by atoms with Crippen LogP contribution in [0.25, 0.3) is 28.4 Å². The first-order valence-corrected chi connectivity index (χ1v) is 16.9. The second-order valence-electron chi connectivity index (χ2n) is 13.1. The maximum absolute atomic E-state index is 13.9. The number of carbonyl (C=O) groups excluding carboxylic acids is 1. The highest BCUT2D eigenvalue weighted by atomic mass is 16.6. The van der Waals surface area contributed by atoms with Gasteiger partial charge in [0.25, 0.3) is 0 Å². The largest absolute Gasteiger partial charge is 0.507 e. The molecule has 56 heavy (non-hydrogen) atoms. The van der Waals surface area contributed by atoms with Crippen molar-refractivity contribution in [2.24, 2.45) is 0 Å². The van der Waals surface area contributed by atoms with Gasteiger partial charge in [0.15, 0.2) is 40.1 Å². The second kappa shape index (κ2) is 15.9. The SMILES string of the molecule is COc1cc(/C=C/C(=O)O[C@@H]2[C@@H](O)[C@H](O)[C@@H](CO)O[C@H]2c2c(O)c([C@@H]3O[C@H](CO)[C@@H](O)[C@H](O)[C@H]3O)c3oc(-c4ccc(O)c(O)c4)cc(=O)c3c2O)ccc1O. The minimum atomic E-state index is -2.13. The normalized spacial score (nSPS) is 28.1. The number of carbonyl (C=O) groups is 1. The molecule has 0 bridgehead atoms. The van der Waals surface area contributed by atoms with Crippen LogP contribution in [0.4, 0.5) is 0 Å². The molecular formula is C37H38O19. The Kier molecular flexibility index (Phi) is 11.4. The Morgan fingerprint density at radius 1 is 0.732 bits per heavy atom. The number of aliphatic hydroxyl groups excluding tert-OH is 7. The highest BCUT2D eigenvalue weighted by molar-refractivity contribution is 5.92. The maximum Gasteiger partial charge on any atom is 0.331 e. The first-order valence-electron chi connectivity index (χ1n) is 16.9. The van der Waals surface area contributed by atoms with Gasteiger partial charge in [-0.05, 0) is 42.0 Å². The molecule has 0 unspecified atom stereocenters. The number of rotatable bonds is 9. The highest BCUT2D eigenvalue weighted by Gasteiger charge is 2.51. The minimum absolute atomic E-state index is 0.00796. The second-order valence-corrected chi connectivity index (χ2v) is 13.1. The van der Waals surface area contributed by atoms with E-state index < -0.39 is 131 Å². The van der Waals surface area contributed by atoms with E-state index in [1.165, 1.54) is 37.5 Å². The Bertz CT molecular complexity index is 2200. The molecule has 0 saturated carbocycles. The molecule has 3 heterocycles. The van der Waals surface area contributed by atoms with Crippen molar-refractivity contribution in [2.75, 3.05) is 20.3 Å². The summed E-state index contributed by atoms with van der Waals surface area (Å²) in [4.78, 5) is 27.1. The maximum atomic E-state index is 13.9. The molecular weight excluding hydrogens is 748 g/mol. The third kappa shape index (κ3) is 7.18. The molecule has 0 aliphatic carbocycles. The van der Waals surface area contributed by atoms with Gasteiger partial charge in [-0.3, -0.25) is 4.79 Å². The lowest BCUT2D eigenvalue weighted by Crippen LogP contribution is -2.56. The first-order chi connectivity index (χ1) is 26.6. The van der Waals surface area contributed by atoms with Gasteiger partial charge in [0.2, 0.25) is 0 Å². The Morgan fingerprint density at radius 2 is 1.38 bits per heavy atom. The van der Waals surface area contributed by atoms with Crippen molar-refractivity contribution in [3.05, 3.63) is 75.5 Å². The molecule has 2 aliphatic heterocycles. The van der Waals surface area contributed by atoms with Crippen molar-refractivity contribution in [1.29, 1.82) is 0 Å². The number of methoxy groups -OCH3 is 1. The zero-order valence-corrected chi connectivity index (χ0v) is 29.1. The molecule has 4 aromatic rings. The number of fused-ring (bicyclic) bond motifs is 1. The Hall–Kier alpha value is -5.48. The van der Waals surface area contributed by atoms with Crippen LogP contribution in [0.15, 0.2) is 57.8 Å². The number of hydrogen-bond acceptors (Lipinski definition) is 19. The zero-order chi connectivity index (χ0) is 40.7. The molecule has 0 spiro atoms. The number of ether oxygens (including phenoxy) is 4. The van der Waals surface area contributed by atoms with Gasteiger partial charge in [-0.25, -0.2) is 4.79 Å². The summed E-state index contributed by atoms with van der Waals surface area (Å²) in [5.41, 5.74) is -2.92. The summed E-state index contributed by atoms with van der Waals surface area (Å²) in [6.07, 6.45) is -17.2. The van der Waals surface area contributed by atoms with Gasteiger partial charge in [-0.15, -0.1) is 0 Å². The fourth-order valence-corrected chi connectivity index (χ4v) is 6.69. The predicted octanol–water partition coefficient (Wildman–Crippen LogP) is -0.709. The number of phenols is 5. The molecule has 12 N–H and O–H groups in total. The van der Waals surface area contributed by atoms with Gasteiger partial charge in [-0.1, -0.05) is 6.07 Å². The predicted molar refractivity (Wildman–Crippen MR) is 188 cm³/mol. The fraction of sp³-hybridized carbons (Fsp3) is 0.351. The molecule has 19 heteroatoms. The zero-order valence-electron chi connectivity index (χ0n) is 29.1. The fourth-order valence-electron chi connectivity index (χ4n) is 6.69. The van der Waals surface area contributed by atoms with Gasteiger partial charge >= 0.3 is 5.97 Å². The smallest absolute Gasteiger partial charge is 0.331 e. The van der Waals surface area contributed by atoms with Crippen molar-refractivity contribution in [1.82, 2.24) is 0 Å². The van der Waals surface area contributed by atoms with Crippen LogP contribution in [-0.4, -0.2) is 136 Å². The van der Waals surface area contributed by atoms with Gasteiger partial charge < -0.3 is 84.6 Å². The third-order valence-corrected chi connectivity index (χ3v) is 9.65. The van der Waals surface area contributed by atoms with Crippen LogP contribution in [0.2, 0.25) is 0 Å². The van der Waals surface area contributed by atoms with E-state index in [0.717, 1.165) is 24.3 Å². The van der Waals surface area contributed by atoms with Crippen molar-refractivity contribution < 1.29 is 89.4 Å². The van der Waals surface area contributed by atoms with Crippen molar-refractivity contribution >= 4 is 23.0 Å². The van der Waals surface area contributed by atoms with Crippen LogP contribution >= 0.6 is 0 Å². The topological polar surface area (TPSA) is 327 Å². The first kappa shape index (κ1) is 40.2. The molecule has 1 aromatic heterocycles. The lowest BCUT2D eigenvalue weighted by molar-refractivity contribution is -0.240. The number of aromatic hydroxyl groups is 5. The quantitative estimate of drug-likeness (QED) is 0.0566. The minimum Gasteiger partial charge on any atom is -0.507 e. The van der Waals surface area contributed by atoms with Gasteiger partial charge in [-0.2, -0.15) is 0 Å². The van der Waals surface area contributed by atoms with Gasteiger partial charge in [0, 0.05) is 17.7 Å². The van der Waals surface area contributed by atoms with Gasteiger partial charge in [0.1, 0.15) is 77.6 Å². The number of hydrogen-bond donors (Lipinski definition) is 12. The monoisotopic (exact) mass is 786 g/mol. The molecule has 19 nitrogen and oxygen atoms in total. The van der Waals surface area contributed by atoms with Crippen molar-refractivity contribution in [3.8, 4) is 45.8 Å². The highest BCUT2D eigenvalue weighted by Crippen LogP contribution is 2.51. The van der Waals surface area contributed by atoms with Crippen molar-refractivity contribution in [2.45, 2.75) is 61.0 Å². The third-order valence-electron chi connectivity index (χ3n) is 9.65. The molecule has 2 saturated heterocycles. The van der Waals surface area contributed by atoms with E-state index in [1.807, 2.05) is 0 Å². The van der Waals surface area contributed by atoms with Gasteiger partial charge in [0.05, 0.1) is 31.5 Å². The summed E-state index contributed by atoms with van der Waals surface area (Å²) >= 11 is 0. The van der Waals surface area contributed by atoms with E-state index in [9.17, 15) is 70.9 Å². The van der Waals surface area contributed by atoms with Crippen LogP contribution in [0.1, 0.15) is 28.9 Å². The average molecular weight is 787 g/mol. The Balaban J connectivity index is 1.55. The Labute approximate surface area is 314 Å². The van der Waals surface area contributed by atoms with Crippen molar-refractivity contribution in [3.63, 3.8) is 0 Å². The van der Waals surface area contributed by atoms with E-state index >= 15 is 0 Å². The lowest BCUT2D eigenvalue weighted by Gasteiger charge is -2.43. The van der Waals surface area contributed by atoms with Crippen LogP contribution in [0.5, 0.6) is 34.5 Å². The molecule has 6 rings (SSSR count). The standard InChI is InChI=1S/C37H38O19/c1-52-20-8-13(2-5-16(20)41)3-7-23(44)56-37-32(50)28(46)22(12-39)55-36(37)25-29(47)24-18(43)10-19(14-4-6-15(40)17(42)9-14)53-34(24)26(30(25)48)35-33(51)31(49)27(45)21(11-38)54-35/h2-10,21-22,27-28,31-33,35-42,45-51H,11-12H2,1H3/b7-3+/t21-,22-,27-,28-,31+,32+,33-,35+,36+,37-/m1/s1. The number of benzene rings is 3. The Morgan fingerprint density at radius 3 is 2.02 bits per heavy atom. The molecule has 300 valence electrons. The van der Waals surface area contributed by atoms with E-state index in [0.29, 0.717) is 5.56 Å². The van der Waals surface area contributed by atoms with Crippen LogP contribution in [-0.2, 0) is 19.0 Å². The summed E-state index contributed by atoms with van der Waals surface area (Å²) in [5.74, 6) is -4.98. The molecule has 2 fully saturated rings. The summed E-state index contributed by atoms with van der Waals surface area (Å²) in [6.45, 7) is -1.89. The van der Waals surface area contributed by atoms with E-state index in [-0.39, 0.29) is 22.8 Å². The van der Waals surface area contributed by atoms with Crippen LogP contribution in [0.3, 0.4) is 0 Å². The van der Waals surface area contributed by atoms with E-state index in [1.54, 1.807) is 0 Å². The van der Waals surface area contributed by atoms with Crippen LogP contribution in [0, 0.1) is 0 Å². The van der Waals surface area contributed by atoms with E-state index in [2.05, 4.69) is 0 Å². The summed E-state index contributed by atoms with van der Waals surface area (Å²) < 4.78 is 28.0. The van der Waals surface area contributed by atoms with E-state index in [4.69, 9.17) is 23.4 Å². The lowest BCUT2D eigenvalue weighted by atomic mass is 9.85. The summed E-state index contributed by atoms with van der Waals surface area (Å²) in [7, 11) is 1.30. The molecule has 3 aromatic carbocycles. The number of esters is 1. The summed E-state index contributed by atoms with van der Waals surface area (Å²) in [5, 5.41) is 127. The number of aliphatic hydroxyl groups is 7. The van der Waals surface area contributed by atoms with Crippen LogP contribution < -0.4 is 10.2 Å². The molecule has 2 aliphatic rings. The number of phenolic OH excluding ortho intramolecular Hbond substituents is 5. The molecule has 0 amide bonds.